The van der Waals surface area contributed by atoms with Crippen molar-refractivity contribution in [3.05, 3.63) is 0 Å². The van der Waals surface area contributed by atoms with E-state index in [2.05, 4.69) is 10.2 Å². The fourth-order valence-electron chi connectivity index (χ4n) is 2.19. The Balaban J connectivity index is 1.84. The molecule has 5 nitrogen and oxygen atoms in total. The molecule has 1 atom stereocenters. The molecule has 1 aliphatic heterocycles. The highest BCUT2D eigenvalue weighted by molar-refractivity contribution is 5.78. The minimum atomic E-state index is 0.239. The number of rotatable bonds is 4. The van der Waals surface area contributed by atoms with Crippen molar-refractivity contribution in [3.63, 3.8) is 0 Å². The summed E-state index contributed by atoms with van der Waals surface area (Å²) in [5.74, 6) is 0.239. The minimum absolute atomic E-state index is 0.239. The number of piperazine rings is 1. The first-order valence-electron chi connectivity index (χ1n) is 6.13. The van der Waals surface area contributed by atoms with Gasteiger partial charge in [0.15, 0.2) is 0 Å². The van der Waals surface area contributed by atoms with E-state index in [1.165, 1.54) is 12.8 Å². The number of carbonyl (C=O) groups excluding carboxylic acids is 1. The Labute approximate surface area is 96.9 Å². The molecule has 1 saturated heterocycles. The van der Waals surface area contributed by atoms with Gasteiger partial charge in [-0.25, -0.2) is 0 Å². The van der Waals surface area contributed by atoms with Crippen LogP contribution in [0.5, 0.6) is 0 Å². The van der Waals surface area contributed by atoms with Gasteiger partial charge in [-0.15, -0.1) is 0 Å². The number of nitrogens with one attached hydrogen (secondary N) is 1. The highest BCUT2D eigenvalue weighted by Gasteiger charge is 2.31. The van der Waals surface area contributed by atoms with E-state index in [4.69, 9.17) is 5.73 Å². The molecule has 1 unspecified atom stereocenters. The van der Waals surface area contributed by atoms with Crippen molar-refractivity contribution >= 4 is 5.91 Å². The molecule has 0 bridgehead atoms. The number of likely N-dealkylation sites (N-methyl/N-ethyl adjacent to an activating group) is 1. The number of carbonyl (C=O) groups is 1. The summed E-state index contributed by atoms with van der Waals surface area (Å²) in [6.45, 7) is 3.92. The number of nitrogens with zero attached hydrogens (tertiary/aromatic N) is 2. The normalized spacial score (nSPS) is 26.8. The van der Waals surface area contributed by atoms with E-state index in [1.807, 2.05) is 11.9 Å². The molecule has 1 saturated carbocycles. The van der Waals surface area contributed by atoms with E-state index in [0.717, 1.165) is 19.6 Å². The Hall–Kier alpha value is -0.650. The van der Waals surface area contributed by atoms with Gasteiger partial charge < -0.3 is 16.0 Å². The van der Waals surface area contributed by atoms with Crippen LogP contribution in [0.2, 0.25) is 0 Å². The van der Waals surface area contributed by atoms with Crippen molar-refractivity contribution in [1.29, 1.82) is 0 Å². The molecule has 5 heteroatoms. The molecule has 0 spiro atoms. The topological polar surface area (TPSA) is 61.6 Å². The molecule has 2 rings (SSSR count). The second-order valence-corrected chi connectivity index (χ2v) is 4.80. The third-order valence-corrected chi connectivity index (χ3v) is 3.57. The molecule has 2 aliphatic rings. The highest BCUT2D eigenvalue weighted by Crippen LogP contribution is 2.25. The second-order valence-electron chi connectivity index (χ2n) is 4.80. The van der Waals surface area contributed by atoms with Gasteiger partial charge in [0.1, 0.15) is 0 Å². The third kappa shape index (κ3) is 2.72. The molecule has 3 N–H and O–H groups in total. The monoisotopic (exact) mass is 226 g/mol. The van der Waals surface area contributed by atoms with Gasteiger partial charge in [-0.05, 0) is 12.8 Å². The van der Waals surface area contributed by atoms with E-state index in [0.29, 0.717) is 25.2 Å². The van der Waals surface area contributed by atoms with Gasteiger partial charge in [0.25, 0.3) is 0 Å². The quantitative estimate of drug-likeness (QED) is 0.635. The molecule has 1 aliphatic carbocycles. The Morgan fingerprint density at radius 1 is 1.56 bits per heavy atom. The minimum Gasteiger partial charge on any atom is -0.342 e. The zero-order valence-corrected chi connectivity index (χ0v) is 9.98. The van der Waals surface area contributed by atoms with E-state index >= 15 is 0 Å². The van der Waals surface area contributed by atoms with Crippen LogP contribution in [0.3, 0.4) is 0 Å². The van der Waals surface area contributed by atoms with Crippen LogP contribution in [0.4, 0.5) is 0 Å². The van der Waals surface area contributed by atoms with Crippen LogP contribution in [0.1, 0.15) is 12.8 Å². The lowest BCUT2D eigenvalue weighted by Crippen LogP contribution is -2.56. The van der Waals surface area contributed by atoms with Crippen LogP contribution in [-0.2, 0) is 4.79 Å². The zero-order valence-electron chi connectivity index (χ0n) is 9.98. The lowest BCUT2D eigenvalue weighted by molar-refractivity contribution is -0.132. The maximum atomic E-state index is 12.0. The third-order valence-electron chi connectivity index (χ3n) is 3.57. The van der Waals surface area contributed by atoms with Gasteiger partial charge in [-0.1, -0.05) is 0 Å². The molecule has 1 amide bonds. The van der Waals surface area contributed by atoms with E-state index in [1.54, 1.807) is 0 Å². The Morgan fingerprint density at radius 2 is 2.31 bits per heavy atom. The summed E-state index contributed by atoms with van der Waals surface area (Å²) in [7, 11) is 1.92. The first kappa shape index (κ1) is 11.8. The van der Waals surface area contributed by atoms with Gasteiger partial charge in [-0.3, -0.25) is 9.69 Å². The van der Waals surface area contributed by atoms with Crippen molar-refractivity contribution in [1.82, 2.24) is 15.1 Å². The second kappa shape index (κ2) is 5.12. The molecule has 0 aromatic rings. The summed E-state index contributed by atoms with van der Waals surface area (Å²) < 4.78 is 0. The number of amides is 1. The summed E-state index contributed by atoms with van der Waals surface area (Å²) in [5.41, 5.74) is 5.71. The van der Waals surface area contributed by atoms with Crippen LogP contribution in [-0.4, -0.2) is 67.6 Å². The van der Waals surface area contributed by atoms with Crippen LogP contribution < -0.4 is 11.1 Å². The van der Waals surface area contributed by atoms with Gasteiger partial charge in [0.05, 0.1) is 6.54 Å². The first-order valence-corrected chi connectivity index (χ1v) is 6.13. The predicted octanol–water partition coefficient (Wildman–Crippen LogP) is -1.16. The molecule has 16 heavy (non-hydrogen) atoms. The fourth-order valence-corrected chi connectivity index (χ4v) is 2.19. The van der Waals surface area contributed by atoms with Gasteiger partial charge in [0.2, 0.25) is 5.91 Å². The SMILES string of the molecule is CN(C(=O)CN1CCNCC1CN)C1CC1. The van der Waals surface area contributed by atoms with Gasteiger partial charge in [-0.2, -0.15) is 0 Å². The number of hydrogen-bond acceptors (Lipinski definition) is 4. The summed E-state index contributed by atoms with van der Waals surface area (Å²) in [4.78, 5) is 16.1. The molecule has 2 fully saturated rings. The largest absolute Gasteiger partial charge is 0.342 e. The maximum Gasteiger partial charge on any atom is 0.236 e. The van der Waals surface area contributed by atoms with Crippen LogP contribution in [0.25, 0.3) is 0 Å². The van der Waals surface area contributed by atoms with E-state index in [9.17, 15) is 4.79 Å². The molecular weight excluding hydrogens is 204 g/mol. The van der Waals surface area contributed by atoms with E-state index in [-0.39, 0.29) is 5.91 Å². The zero-order chi connectivity index (χ0) is 11.5. The van der Waals surface area contributed by atoms with Crippen molar-refractivity contribution in [2.24, 2.45) is 5.73 Å². The standard InChI is InChI=1S/C11H22N4O/c1-14(9-2-3-9)11(16)8-15-5-4-13-7-10(15)6-12/h9-10,13H,2-8,12H2,1H3. The number of nitrogens with two attached hydrogens (primary N) is 1. The molecule has 0 aromatic heterocycles. The van der Waals surface area contributed by atoms with Crippen molar-refractivity contribution in [2.75, 3.05) is 39.8 Å². The van der Waals surface area contributed by atoms with Gasteiger partial charge >= 0.3 is 0 Å². The summed E-state index contributed by atoms with van der Waals surface area (Å²) in [5, 5.41) is 3.31. The average Bonchev–Trinajstić information content (AvgIpc) is 3.12. The summed E-state index contributed by atoms with van der Waals surface area (Å²) in [6.07, 6.45) is 2.34. The van der Waals surface area contributed by atoms with Crippen LogP contribution in [0, 0.1) is 0 Å². The fraction of sp³-hybridized carbons (Fsp3) is 0.909. The van der Waals surface area contributed by atoms with Crippen LogP contribution >= 0.6 is 0 Å². The lowest BCUT2D eigenvalue weighted by atomic mass is 10.2. The Bertz CT molecular complexity index is 254. The predicted molar refractivity (Wildman–Crippen MR) is 63.1 cm³/mol. The summed E-state index contributed by atoms with van der Waals surface area (Å²) in [6, 6.07) is 0.817. The van der Waals surface area contributed by atoms with E-state index < -0.39 is 0 Å². The average molecular weight is 226 g/mol. The Morgan fingerprint density at radius 3 is 2.94 bits per heavy atom. The number of hydrogen-bond donors (Lipinski definition) is 2. The van der Waals surface area contributed by atoms with Crippen molar-refractivity contribution in [2.45, 2.75) is 24.9 Å². The molecule has 0 aromatic carbocycles. The molecular formula is C11H22N4O. The summed E-state index contributed by atoms with van der Waals surface area (Å²) >= 11 is 0. The first-order chi connectivity index (χ1) is 7.72. The Kier molecular flexibility index (Phi) is 3.78. The maximum absolute atomic E-state index is 12.0. The highest BCUT2D eigenvalue weighted by atomic mass is 16.2. The van der Waals surface area contributed by atoms with Crippen LogP contribution in [0.15, 0.2) is 0 Å². The lowest BCUT2D eigenvalue weighted by Gasteiger charge is -2.35. The molecule has 0 radical (unpaired) electrons. The van der Waals surface area contributed by atoms with Crippen molar-refractivity contribution in [3.8, 4) is 0 Å². The van der Waals surface area contributed by atoms with Crippen molar-refractivity contribution < 1.29 is 4.79 Å². The van der Waals surface area contributed by atoms with Gasteiger partial charge in [0, 0.05) is 45.3 Å². The molecule has 1 heterocycles. The smallest absolute Gasteiger partial charge is 0.236 e. The molecule has 92 valence electrons.